The second kappa shape index (κ2) is 15.1. The molecular weight excluding hydrogens is 731 g/mol. The lowest BCUT2D eigenvalue weighted by Crippen LogP contribution is -2.47. The van der Waals surface area contributed by atoms with Crippen LogP contribution in [0, 0.1) is 11.3 Å². The van der Waals surface area contributed by atoms with Gasteiger partial charge in [0.25, 0.3) is 0 Å². The maximum atomic E-state index is 12.4. The third-order valence-corrected chi connectivity index (χ3v) is 11.6. The second-order valence-corrected chi connectivity index (χ2v) is 16.2. The normalized spacial score (nSPS) is 16.5. The quantitative estimate of drug-likeness (QED) is 0.149. The molecule has 2 saturated heterocycles. The van der Waals surface area contributed by atoms with Crippen molar-refractivity contribution < 1.29 is 32.6 Å². The number of carbonyl (C=O) groups excluding carboxylic acids is 2. The van der Waals surface area contributed by atoms with Gasteiger partial charge >= 0.3 is 0 Å². The first-order chi connectivity index (χ1) is 27.0. The van der Waals surface area contributed by atoms with Gasteiger partial charge in [0.2, 0.25) is 11.8 Å². The number of piperidine rings is 1. The molecule has 1 atom stereocenters. The van der Waals surface area contributed by atoms with Gasteiger partial charge < -0.3 is 24.0 Å². The van der Waals surface area contributed by atoms with Crippen LogP contribution in [0.1, 0.15) is 24.4 Å². The molecule has 56 heavy (non-hydrogen) atoms. The second-order valence-electron chi connectivity index (χ2n) is 14.1. The molecule has 284 valence electrons. The average molecular weight is 770 g/mol. The molecule has 2 amide bonds. The maximum absolute atomic E-state index is 12.4. The minimum Gasteiger partial charge on any atom is -0.494 e. The molecule has 0 spiro atoms. The number of hydrogen-bond acceptors (Lipinski definition) is 10. The predicted molar refractivity (Wildman–Crippen MR) is 213 cm³/mol. The van der Waals surface area contributed by atoms with Gasteiger partial charge in [0.05, 0.1) is 16.5 Å². The molecule has 12 nitrogen and oxygen atoms in total. The Bertz CT molecular complexity index is 2620. The van der Waals surface area contributed by atoms with Gasteiger partial charge in [-0.3, -0.25) is 19.8 Å². The molecule has 1 unspecified atom stereocenters. The Hall–Kier alpha value is -6.36. The van der Waals surface area contributed by atoms with Crippen LogP contribution >= 0.6 is 0 Å². The number of aromatic hydroxyl groups is 1. The molecule has 1 aromatic heterocycles. The molecule has 3 heterocycles. The summed E-state index contributed by atoms with van der Waals surface area (Å²) in [7, 11) is -3.35. The Morgan fingerprint density at radius 3 is 2.30 bits per heavy atom. The zero-order valence-corrected chi connectivity index (χ0v) is 31.5. The van der Waals surface area contributed by atoms with E-state index in [9.17, 15) is 28.4 Å². The number of sulfone groups is 1. The summed E-state index contributed by atoms with van der Waals surface area (Å²) < 4.78 is 38.3. The molecule has 0 radical (unpaired) electrons. The van der Waals surface area contributed by atoms with Crippen molar-refractivity contribution >= 4 is 48.9 Å². The number of rotatable bonds is 10. The van der Waals surface area contributed by atoms with E-state index in [1.807, 2.05) is 66.7 Å². The van der Waals surface area contributed by atoms with E-state index in [1.165, 1.54) is 6.26 Å². The SMILES string of the molecule is CS(=O)(=O)c1ccc(-c2ccc3cc(C#N)ccc3c2Oc2ccc(OCCN3CCN(c4ccc5c(O)n(C6CCC(=O)NC6=O)cc5c4)CC3)cc2)cc1. The lowest BCUT2D eigenvalue weighted by molar-refractivity contribution is -0.135. The lowest BCUT2D eigenvalue weighted by atomic mass is 9.98. The molecular formula is C43H39N5O7S. The van der Waals surface area contributed by atoms with E-state index < -0.39 is 21.8 Å². The van der Waals surface area contributed by atoms with Gasteiger partial charge in [-0.15, -0.1) is 0 Å². The van der Waals surface area contributed by atoms with Crippen LogP contribution in [0.5, 0.6) is 23.1 Å². The van der Waals surface area contributed by atoms with Crippen molar-refractivity contribution in [2.75, 3.05) is 50.5 Å². The van der Waals surface area contributed by atoms with Gasteiger partial charge in [-0.1, -0.05) is 18.2 Å². The van der Waals surface area contributed by atoms with Crippen molar-refractivity contribution in [2.24, 2.45) is 0 Å². The molecule has 13 heteroatoms. The van der Waals surface area contributed by atoms with E-state index in [4.69, 9.17) is 9.47 Å². The van der Waals surface area contributed by atoms with Crippen LogP contribution in [-0.2, 0) is 19.4 Å². The Labute approximate surface area is 324 Å². The number of nitriles is 1. The molecule has 0 bridgehead atoms. The van der Waals surface area contributed by atoms with E-state index >= 15 is 0 Å². The molecule has 2 N–H and O–H groups in total. The molecule has 0 saturated carbocycles. The number of imide groups is 1. The van der Waals surface area contributed by atoms with Gasteiger partial charge in [0.1, 0.15) is 29.9 Å². The van der Waals surface area contributed by atoms with Crippen molar-refractivity contribution in [3.8, 4) is 40.3 Å². The van der Waals surface area contributed by atoms with E-state index in [0.717, 1.165) is 65.7 Å². The fourth-order valence-electron chi connectivity index (χ4n) is 7.43. The standard InChI is InChI=1S/C43H39N5O7S/c1-56(52,53)35-11-3-29(4-12-35)36-14-5-30-24-28(26-44)2-13-37(30)41(36)55-34-9-7-33(8-10-34)54-23-22-46-18-20-47(21-19-46)32-6-15-38-31(25-32)27-48(43(38)51)39-16-17-40(49)45-42(39)50/h2-15,24-25,27,39,51H,16-23H2,1H3,(H,45,49,50). The molecule has 8 rings (SSSR count). The number of benzene rings is 5. The topological polar surface area (TPSA) is 154 Å². The number of ether oxygens (including phenoxy) is 2. The zero-order valence-electron chi connectivity index (χ0n) is 30.6. The van der Waals surface area contributed by atoms with E-state index in [-0.39, 0.29) is 23.1 Å². The van der Waals surface area contributed by atoms with Crippen molar-refractivity contribution in [3.05, 3.63) is 109 Å². The summed E-state index contributed by atoms with van der Waals surface area (Å²) >= 11 is 0. The molecule has 0 aliphatic carbocycles. The Morgan fingerprint density at radius 2 is 1.59 bits per heavy atom. The van der Waals surface area contributed by atoms with Gasteiger partial charge in [-0.25, -0.2) is 8.42 Å². The smallest absolute Gasteiger partial charge is 0.249 e. The molecule has 2 aliphatic rings. The van der Waals surface area contributed by atoms with Crippen LogP contribution in [0.3, 0.4) is 0 Å². The first-order valence-corrected chi connectivity index (χ1v) is 20.3. The van der Waals surface area contributed by atoms with Crippen LogP contribution in [0.25, 0.3) is 32.7 Å². The van der Waals surface area contributed by atoms with Crippen molar-refractivity contribution in [3.63, 3.8) is 0 Å². The van der Waals surface area contributed by atoms with Crippen LogP contribution in [0.2, 0.25) is 0 Å². The Morgan fingerprint density at radius 1 is 0.857 bits per heavy atom. The van der Waals surface area contributed by atoms with Crippen molar-refractivity contribution in [2.45, 2.75) is 23.8 Å². The largest absolute Gasteiger partial charge is 0.494 e. The van der Waals surface area contributed by atoms with Gasteiger partial charge in [-0.2, -0.15) is 5.26 Å². The Kier molecular flexibility index (Phi) is 9.84. The summed E-state index contributed by atoms with van der Waals surface area (Å²) in [5.41, 5.74) is 3.16. The van der Waals surface area contributed by atoms with E-state index in [1.54, 1.807) is 41.1 Å². The van der Waals surface area contributed by atoms with Crippen molar-refractivity contribution in [1.29, 1.82) is 5.26 Å². The number of nitrogens with one attached hydrogen (secondary N) is 1. The highest BCUT2D eigenvalue weighted by molar-refractivity contribution is 7.90. The number of amides is 2. The first-order valence-electron chi connectivity index (χ1n) is 18.4. The summed E-state index contributed by atoms with van der Waals surface area (Å²) in [6.07, 6.45) is 3.56. The number of hydrogen-bond donors (Lipinski definition) is 2. The number of anilines is 1. The minimum absolute atomic E-state index is 0.0269. The van der Waals surface area contributed by atoms with Gasteiger partial charge in [0, 0.05) is 79.0 Å². The lowest BCUT2D eigenvalue weighted by Gasteiger charge is -2.36. The fourth-order valence-corrected chi connectivity index (χ4v) is 8.06. The van der Waals surface area contributed by atoms with Crippen molar-refractivity contribution in [1.82, 2.24) is 14.8 Å². The van der Waals surface area contributed by atoms with E-state index in [2.05, 4.69) is 21.2 Å². The first kappa shape index (κ1) is 36.6. The van der Waals surface area contributed by atoms with Crippen LogP contribution in [0.15, 0.2) is 108 Å². The molecule has 5 aromatic carbocycles. The predicted octanol–water partition coefficient (Wildman–Crippen LogP) is 6.41. The zero-order chi connectivity index (χ0) is 39.0. The molecule has 6 aromatic rings. The molecule has 2 fully saturated rings. The average Bonchev–Trinajstić information content (AvgIpc) is 3.53. The number of piperazine rings is 1. The summed E-state index contributed by atoms with van der Waals surface area (Å²) in [4.78, 5) is 28.9. The number of carbonyl (C=O) groups is 2. The minimum atomic E-state index is -3.35. The maximum Gasteiger partial charge on any atom is 0.249 e. The number of fused-ring (bicyclic) bond motifs is 2. The number of aromatic nitrogens is 1. The highest BCUT2D eigenvalue weighted by Gasteiger charge is 2.30. The van der Waals surface area contributed by atoms with E-state index in [0.29, 0.717) is 41.2 Å². The van der Waals surface area contributed by atoms with Gasteiger partial charge in [0.15, 0.2) is 15.7 Å². The third kappa shape index (κ3) is 7.49. The fraction of sp³-hybridized carbons (Fsp3) is 0.233. The van der Waals surface area contributed by atoms with Crippen LogP contribution in [0.4, 0.5) is 5.69 Å². The van der Waals surface area contributed by atoms with Gasteiger partial charge in [-0.05, 0) is 96.2 Å². The third-order valence-electron chi connectivity index (χ3n) is 10.5. The van der Waals surface area contributed by atoms with Crippen LogP contribution in [-0.4, -0.2) is 80.4 Å². The summed E-state index contributed by atoms with van der Waals surface area (Å²) in [5.74, 6) is 1.24. The summed E-state index contributed by atoms with van der Waals surface area (Å²) in [5, 5.41) is 25.8. The van der Waals surface area contributed by atoms with Crippen LogP contribution < -0.4 is 19.7 Å². The monoisotopic (exact) mass is 769 g/mol. The Balaban J connectivity index is 0.882. The summed E-state index contributed by atoms with van der Waals surface area (Å²) in [6, 6.07) is 30.9. The molecule has 2 aliphatic heterocycles. The number of nitrogens with zero attached hydrogens (tertiary/aromatic N) is 4. The summed E-state index contributed by atoms with van der Waals surface area (Å²) in [6.45, 7) is 4.64. The highest BCUT2D eigenvalue weighted by atomic mass is 32.2. The highest BCUT2D eigenvalue weighted by Crippen LogP contribution is 2.41.